The van der Waals surface area contributed by atoms with E-state index in [1.54, 1.807) is 4.57 Å². The Morgan fingerprint density at radius 1 is 1.03 bits per heavy atom. The number of aromatic amines is 1. The van der Waals surface area contributed by atoms with Gasteiger partial charge in [0.2, 0.25) is 0 Å². The molecule has 4 N–H and O–H groups in total. The third-order valence-electron chi connectivity index (χ3n) is 5.91. The highest BCUT2D eigenvalue weighted by atomic mass is 16.4. The zero-order chi connectivity index (χ0) is 25.7. The molecule has 0 aliphatic carbocycles. The van der Waals surface area contributed by atoms with Crippen molar-refractivity contribution in [3.8, 4) is 23.0 Å². The number of aromatic nitrogens is 3. The molecule has 0 bridgehead atoms. The second-order valence-corrected chi connectivity index (χ2v) is 8.37. The van der Waals surface area contributed by atoms with Gasteiger partial charge in [-0.3, -0.25) is 14.3 Å². The molecule has 0 atom stereocenters. The van der Waals surface area contributed by atoms with Crippen LogP contribution >= 0.6 is 0 Å². The summed E-state index contributed by atoms with van der Waals surface area (Å²) in [4.78, 5) is 24.9. The Bertz CT molecular complexity index is 1630. The number of H-pyrrole nitrogens is 1. The van der Waals surface area contributed by atoms with E-state index in [-0.39, 0.29) is 11.4 Å². The van der Waals surface area contributed by atoms with Gasteiger partial charge < -0.3 is 15.4 Å². The zero-order valence-electron chi connectivity index (χ0n) is 19.9. The molecular formula is C28H27N5O3. The minimum Gasteiger partial charge on any atom is -0.481 e. The van der Waals surface area contributed by atoms with Crippen LogP contribution in [0.4, 0.5) is 0 Å². The van der Waals surface area contributed by atoms with E-state index >= 15 is 0 Å². The van der Waals surface area contributed by atoms with Gasteiger partial charge >= 0.3 is 5.69 Å². The summed E-state index contributed by atoms with van der Waals surface area (Å²) in [6.07, 6.45) is 3.95. The SMILES string of the molecule is CC(=O)O.N#Cc1[nH]c(=O)n(-c2cccc3ccccc23)c1-c1cn(CCCCN)c2ccccc12. The average molecular weight is 482 g/mol. The van der Waals surface area contributed by atoms with Crippen molar-refractivity contribution in [1.29, 1.82) is 5.26 Å². The third-order valence-corrected chi connectivity index (χ3v) is 5.91. The molecule has 0 fully saturated rings. The minimum atomic E-state index is -0.833. The number of benzene rings is 3. The number of hydrogen-bond donors (Lipinski definition) is 3. The Hall–Kier alpha value is -4.61. The molecule has 5 aromatic rings. The molecule has 3 aromatic carbocycles. The number of nitrogens with one attached hydrogen (secondary N) is 1. The third kappa shape index (κ3) is 4.78. The van der Waals surface area contributed by atoms with Crippen molar-refractivity contribution >= 4 is 27.6 Å². The molecule has 0 saturated heterocycles. The molecule has 182 valence electrons. The van der Waals surface area contributed by atoms with Gasteiger partial charge in [-0.15, -0.1) is 0 Å². The van der Waals surface area contributed by atoms with Crippen LogP contribution in [-0.2, 0) is 11.3 Å². The van der Waals surface area contributed by atoms with Crippen LogP contribution < -0.4 is 11.4 Å². The number of unbranched alkanes of at least 4 members (excludes halogenated alkanes) is 1. The molecule has 0 saturated carbocycles. The number of rotatable bonds is 6. The van der Waals surface area contributed by atoms with E-state index in [0.717, 1.165) is 59.2 Å². The molecule has 0 radical (unpaired) electrons. The average Bonchev–Trinajstić information content (AvgIpc) is 3.40. The predicted molar refractivity (Wildman–Crippen MR) is 141 cm³/mol. The van der Waals surface area contributed by atoms with Crippen molar-refractivity contribution in [1.82, 2.24) is 14.1 Å². The van der Waals surface area contributed by atoms with E-state index in [9.17, 15) is 10.1 Å². The normalized spacial score (nSPS) is 10.7. The van der Waals surface area contributed by atoms with E-state index in [4.69, 9.17) is 15.6 Å². The smallest absolute Gasteiger partial charge is 0.331 e. The number of hydrogen-bond acceptors (Lipinski definition) is 4. The van der Waals surface area contributed by atoms with Crippen molar-refractivity contribution in [3.63, 3.8) is 0 Å². The summed E-state index contributed by atoms with van der Waals surface area (Å²) in [5.41, 5.74) is 8.88. The molecule has 0 spiro atoms. The summed E-state index contributed by atoms with van der Waals surface area (Å²) in [5, 5.41) is 20.3. The molecule has 0 unspecified atom stereocenters. The molecule has 36 heavy (non-hydrogen) atoms. The number of aliphatic carboxylic acids is 1. The van der Waals surface area contributed by atoms with Gasteiger partial charge in [-0.1, -0.05) is 54.6 Å². The minimum absolute atomic E-state index is 0.257. The molecule has 8 heteroatoms. The van der Waals surface area contributed by atoms with Gasteiger partial charge in [0, 0.05) is 41.5 Å². The van der Waals surface area contributed by atoms with Crippen LogP contribution in [0.1, 0.15) is 25.5 Å². The molecule has 2 aromatic heterocycles. The Labute approximate surface area is 207 Å². The van der Waals surface area contributed by atoms with E-state index in [0.29, 0.717) is 12.2 Å². The van der Waals surface area contributed by atoms with Gasteiger partial charge in [-0.2, -0.15) is 5.26 Å². The van der Waals surface area contributed by atoms with Gasteiger partial charge in [-0.25, -0.2) is 4.79 Å². The van der Waals surface area contributed by atoms with Crippen LogP contribution in [0.5, 0.6) is 0 Å². The monoisotopic (exact) mass is 481 g/mol. The Morgan fingerprint density at radius 3 is 2.42 bits per heavy atom. The number of para-hydroxylation sites is 1. The molecule has 5 rings (SSSR count). The second kappa shape index (κ2) is 10.8. The molecule has 0 aliphatic heterocycles. The molecular weight excluding hydrogens is 454 g/mol. The van der Waals surface area contributed by atoms with E-state index in [1.165, 1.54) is 0 Å². The van der Waals surface area contributed by atoms with E-state index < -0.39 is 5.97 Å². The van der Waals surface area contributed by atoms with Gasteiger partial charge in [0.05, 0.1) is 11.4 Å². The number of aryl methyl sites for hydroxylation is 1. The number of carboxylic acids is 1. The lowest BCUT2D eigenvalue weighted by molar-refractivity contribution is -0.134. The van der Waals surface area contributed by atoms with Crippen molar-refractivity contribution < 1.29 is 9.90 Å². The maximum Gasteiger partial charge on any atom is 0.331 e. The van der Waals surface area contributed by atoms with Crippen LogP contribution in [0.25, 0.3) is 38.6 Å². The summed E-state index contributed by atoms with van der Waals surface area (Å²) in [7, 11) is 0. The zero-order valence-corrected chi connectivity index (χ0v) is 19.9. The van der Waals surface area contributed by atoms with Crippen LogP contribution in [0.2, 0.25) is 0 Å². The van der Waals surface area contributed by atoms with Crippen molar-refractivity contribution in [2.45, 2.75) is 26.3 Å². The number of fused-ring (bicyclic) bond motifs is 2. The highest BCUT2D eigenvalue weighted by Gasteiger charge is 2.22. The first-order chi connectivity index (χ1) is 17.5. The van der Waals surface area contributed by atoms with Crippen molar-refractivity contribution in [2.75, 3.05) is 6.54 Å². The summed E-state index contributed by atoms with van der Waals surface area (Å²) in [6.45, 7) is 2.56. The highest BCUT2D eigenvalue weighted by Crippen LogP contribution is 2.34. The van der Waals surface area contributed by atoms with Crippen molar-refractivity contribution in [3.05, 3.63) is 89.1 Å². The first kappa shape index (κ1) is 24.5. The first-order valence-electron chi connectivity index (χ1n) is 11.7. The van der Waals surface area contributed by atoms with Crippen molar-refractivity contribution in [2.24, 2.45) is 5.73 Å². The topological polar surface area (TPSA) is 130 Å². The Kier molecular flexibility index (Phi) is 7.33. The number of nitrogens with two attached hydrogens (primary N) is 1. The molecule has 0 aliphatic rings. The first-order valence-corrected chi connectivity index (χ1v) is 11.7. The number of nitriles is 1. The maximum atomic E-state index is 13.1. The standard InChI is InChI=1S/C26H23N5O.C2H4O2/c27-14-5-6-15-30-17-21(20-11-3-4-12-23(20)30)25-22(16-28)29-26(32)31(25)24-13-7-9-18-8-1-2-10-19(18)24;1-2(3)4/h1-4,7-13,17H,5-6,14-15,27H2,(H,29,32);1H3,(H,3,4). The maximum absolute atomic E-state index is 13.1. The number of nitrogens with zero attached hydrogens (tertiary/aromatic N) is 3. The van der Waals surface area contributed by atoms with E-state index in [2.05, 4.69) is 21.7 Å². The van der Waals surface area contributed by atoms with Crippen LogP contribution in [0.15, 0.2) is 77.7 Å². The van der Waals surface area contributed by atoms with Gasteiger partial charge in [-0.05, 0) is 36.9 Å². The fourth-order valence-electron chi connectivity index (χ4n) is 4.45. The van der Waals surface area contributed by atoms with Gasteiger partial charge in [0.25, 0.3) is 5.97 Å². The van der Waals surface area contributed by atoms with Crippen LogP contribution in [0.3, 0.4) is 0 Å². The lowest BCUT2D eigenvalue weighted by Gasteiger charge is -2.11. The van der Waals surface area contributed by atoms with Gasteiger partial charge in [0.15, 0.2) is 0 Å². The number of carboxylic acid groups (broad SMARTS) is 1. The molecule has 8 nitrogen and oxygen atoms in total. The quantitative estimate of drug-likeness (QED) is 0.304. The summed E-state index contributed by atoms with van der Waals surface area (Å²) >= 11 is 0. The lowest BCUT2D eigenvalue weighted by atomic mass is 10.1. The van der Waals surface area contributed by atoms with Gasteiger partial charge in [0.1, 0.15) is 11.8 Å². The number of carbonyl (C=O) groups is 1. The fourth-order valence-corrected chi connectivity index (χ4v) is 4.45. The predicted octanol–water partition coefficient (Wildman–Crippen LogP) is 4.64. The highest BCUT2D eigenvalue weighted by molar-refractivity contribution is 5.98. The molecule has 2 heterocycles. The lowest BCUT2D eigenvalue weighted by Crippen LogP contribution is -2.16. The largest absolute Gasteiger partial charge is 0.481 e. The Morgan fingerprint density at radius 2 is 1.69 bits per heavy atom. The fraction of sp³-hybridized carbons (Fsp3) is 0.179. The van der Waals surface area contributed by atoms with Crippen LogP contribution in [0, 0.1) is 11.3 Å². The number of imidazole rings is 1. The second-order valence-electron chi connectivity index (χ2n) is 8.37. The molecule has 0 amide bonds. The van der Waals surface area contributed by atoms with Crippen LogP contribution in [-0.4, -0.2) is 31.7 Å². The van der Waals surface area contributed by atoms with E-state index in [1.807, 2.05) is 66.9 Å². The summed E-state index contributed by atoms with van der Waals surface area (Å²) < 4.78 is 3.82. The Balaban J connectivity index is 0.000000709. The summed E-state index contributed by atoms with van der Waals surface area (Å²) in [5.74, 6) is -0.833. The summed E-state index contributed by atoms with van der Waals surface area (Å²) in [6, 6.07) is 24.1.